The van der Waals surface area contributed by atoms with Gasteiger partial charge in [-0.3, -0.25) is 71.9 Å². The van der Waals surface area contributed by atoms with Gasteiger partial charge in [-0.05, 0) is 153 Å². The van der Waals surface area contributed by atoms with Gasteiger partial charge in [-0.1, -0.05) is 58.0 Å². The van der Waals surface area contributed by atoms with Gasteiger partial charge in [0.15, 0.2) is 0 Å². The van der Waals surface area contributed by atoms with Crippen molar-refractivity contribution in [3.63, 3.8) is 0 Å². The van der Waals surface area contributed by atoms with Crippen LogP contribution >= 0.6 is 0 Å². The number of amides is 14. The number of nitrogens with two attached hydrogens (primary N) is 4. The number of carbonyl (C=O) groups is 15. The molecule has 2 aliphatic rings. The number of nitrogens with one attached hydrogen (secondary N) is 13. The van der Waals surface area contributed by atoms with Crippen molar-refractivity contribution in [2.45, 2.75) is 199 Å². The number of carbonyl (C=O) groups excluding carboxylic acids is 14. The lowest BCUT2D eigenvalue weighted by Gasteiger charge is -2.28. The minimum absolute atomic E-state index is 0.00231. The van der Waals surface area contributed by atoms with Crippen molar-refractivity contribution in [1.29, 1.82) is 0 Å². The van der Waals surface area contributed by atoms with Crippen molar-refractivity contribution in [3.8, 4) is 0 Å². The monoisotopic (exact) mass is 1570 g/mol. The quantitative estimate of drug-likeness (QED) is 0.0252. The molecule has 1 saturated heterocycles. The summed E-state index contributed by atoms with van der Waals surface area (Å²) in [7, 11) is 0. The number of halogens is 1. The molecular formula is C74H110FN19O18. The number of benzene rings is 2. The number of aliphatic carboxylic acids is 1. The Bertz CT molecular complexity index is 3870. The SMILES string of the molecule is CCN(CC)CCNC(=O)c1c(C)[nH]c(/C=C2\C(=O)N(C(=O)[C@H](CCC(=O)O)NC(=O)CCC(=O)N[C@H](C(=O)N[C@@H](CCN)C(=O)N[C@@H]3CCNC(=O)[C@@H]([C@H](C)O)NC(=O)[C@H](CCN)NC(=O)[C@H](CCN)NC(=O)[C@H](CC(C)C)NC(=O)[C@H](Cc4ccccc4)NC(=O)[C@H](CCN)NC3=O)[C@H](C)O)c3ccc(F)cc32)c1C. The van der Waals surface area contributed by atoms with E-state index in [1.807, 2.05) is 13.8 Å². The van der Waals surface area contributed by atoms with Gasteiger partial charge in [-0.2, -0.15) is 0 Å². The standard InChI is InChI=1S/C74H110FN19O18/c1-9-93(10-2)33-32-81-70(108)60-39(5)53(82-40(60)6)37-46-45-36-44(75)16-18-56(45)94(73(46)111)74(112)52(17-21-59(99)100)83-57(97)19-20-58(98)91-62(42(8)96)72(110)88-49(24-29-78)64(102)87-51-26-31-80-71(109)61(41(7)95)92-67(105)50(25-30-79)85-63(101)47(22-27-76)86-68(106)54(34-38(3)4)89-69(107)55(35-43-14-12-11-13-15-43)90-65(103)48(23-28-77)84-66(51)104/h11-16,18,36-38,41-42,47-52,54-55,61-62,82,95-96H,9-10,17,19-35,76-79H2,1-8H3,(H,80,109)(H,81,108)(H,83,97)(H,84,104)(H,85,101)(H,86,106)(H,87,102)(H,88,110)(H,89,107)(H,90,103)(H,91,98)(H,92,105)(H,99,100)/b46-37-/t41-,42-,47-,48-,49-,50-,51+,52-,54-,55-,61+,62-/m0/s1. The molecule has 0 spiro atoms. The number of fused-ring (bicyclic) bond motifs is 1. The van der Waals surface area contributed by atoms with Gasteiger partial charge in [0.05, 0.1) is 29.0 Å². The molecule has 0 unspecified atom stereocenters. The fraction of sp³-hybridized carbons (Fsp3) is 0.554. The predicted molar refractivity (Wildman–Crippen MR) is 408 cm³/mol. The molecule has 37 nitrogen and oxygen atoms in total. The van der Waals surface area contributed by atoms with Gasteiger partial charge >= 0.3 is 5.97 Å². The van der Waals surface area contributed by atoms with Crippen molar-refractivity contribution in [2.75, 3.05) is 63.8 Å². The van der Waals surface area contributed by atoms with Crippen molar-refractivity contribution in [1.82, 2.24) is 73.7 Å². The predicted octanol–water partition coefficient (Wildman–Crippen LogP) is -4.29. The van der Waals surface area contributed by atoms with Gasteiger partial charge in [-0.15, -0.1) is 0 Å². The number of rotatable bonds is 34. The molecule has 24 N–H and O–H groups in total. The molecule has 2 aliphatic heterocycles. The number of likely N-dealkylation sites (N-methyl/N-ethyl adjacent to an activating group) is 1. The topological polar surface area (TPSA) is 587 Å². The summed E-state index contributed by atoms with van der Waals surface area (Å²) in [5.74, 6) is -16.2. The first-order valence-corrected chi connectivity index (χ1v) is 37.4. The number of aromatic nitrogens is 1. The van der Waals surface area contributed by atoms with E-state index in [-0.39, 0.29) is 86.7 Å². The van der Waals surface area contributed by atoms with Crippen LogP contribution in [0.5, 0.6) is 0 Å². The Balaban J connectivity index is 1.39. The van der Waals surface area contributed by atoms with E-state index in [0.29, 0.717) is 40.4 Å². The van der Waals surface area contributed by atoms with Crippen LogP contribution in [-0.4, -0.2) is 245 Å². The van der Waals surface area contributed by atoms with E-state index >= 15 is 4.39 Å². The molecule has 14 amide bonds. The van der Waals surface area contributed by atoms with Crippen molar-refractivity contribution >= 4 is 106 Å². The first-order chi connectivity index (χ1) is 53.1. The second kappa shape index (κ2) is 45.0. The van der Waals surface area contributed by atoms with Gasteiger partial charge < -0.3 is 112 Å². The van der Waals surface area contributed by atoms with Crippen LogP contribution in [0.1, 0.15) is 144 Å². The molecule has 12 atom stereocenters. The number of H-pyrrole nitrogens is 1. The number of anilines is 1. The summed E-state index contributed by atoms with van der Waals surface area (Å²) in [5.41, 5.74) is 25.3. The molecule has 3 heterocycles. The van der Waals surface area contributed by atoms with E-state index in [1.165, 1.54) is 6.08 Å². The smallest absolute Gasteiger partial charge is 0.303 e. The van der Waals surface area contributed by atoms with Crippen LogP contribution < -0.4 is 91.6 Å². The van der Waals surface area contributed by atoms with E-state index in [9.17, 15) is 87.2 Å². The highest BCUT2D eigenvalue weighted by molar-refractivity contribution is 6.42. The highest BCUT2D eigenvalue weighted by Gasteiger charge is 2.42. The summed E-state index contributed by atoms with van der Waals surface area (Å²) in [5, 5.41) is 61.8. The lowest BCUT2D eigenvalue weighted by Crippen LogP contribution is -2.61. The van der Waals surface area contributed by atoms with Crippen LogP contribution in [0.4, 0.5) is 10.1 Å². The van der Waals surface area contributed by atoms with Crippen molar-refractivity contribution in [2.24, 2.45) is 28.9 Å². The lowest BCUT2D eigenvalue weighted by molar-refractivity contribution is -0.138. The molecular weight excluding hydrogens is 1460 g/mol. The fourth-order valence-electron chi connectivity index (χ4n) is 12.6. The number of hydrogen-bond acceptors (Lipinski definition) is 22. The zero-order chi connectivity index (χ0) is 83.2. The van der Waals surface area contributed by atoms with Crippen LogP contribution in [0, 0.1) is 25.6 Å². The number of aryl methyl sites for hydroxylation is 1. The minimum atomic E-state index is -1.90. The summed E-state index contributed by atoms with van der Waals surface area (Å²) in [6.45, 7) is 14.0. The number of hydrogen-bond donors (Lipinski definition) is 20. The number of nitrogens with zero attached hydrogens (tertiary/aromatic N) is 2. The van der Waals surface area contributed by atoms with Crippen molar-refractivity contribution in [3.05, 3.63) is 88.0 Å². The maximum atomic E-state index is 15.0. The molecule has 112 heavy (non-hydrogen) atoms. The molecule has 616 valence electrons. The largest absolute Gasteiger partial charge is 0.481 e. The van der Waals surface area contributed by atoms with Gasteiger partial charge in [0.25, 0.3) is 17.7 Å². The van der Waals surface area contributed by atoms with Crippen molar-refractivity contribution < 1.29 is 91.6 Å². The zero-order valence-electron chi connectivity index (χ0n) is 64.4. The Morgan fingerprint density at radius 3 is 1.76 bits per heavy atom. The average Bonchev–Trinajstić information content (AvgIpc) is 1.60. The minimum Gasteiger partial charge on any atom is -0.481 e. The van der Waals surface area contributed by atoms with Crippen LogP contribution in [0.15, 0.2) is 48.5 Å². The highest BCUT2D eigenvalue weighted by atomic mass is 19.1. The molecule has 0 radical (unpaired) electrons. The van der Waals surface area contributed by atoms with Gasteiger partial charge in [0.2, 0.25) is 65.0 Å². The third-order valence-corrected chi connectivity index (χ3v) is 18.7. The second-order valence-corrected chi connectivity index (χ2v) is 27.8. The molecule has 38 heteroatoms. The fourth-order valence-corrected chi connectivity index (χ4v) is 12.6. The lowest BCUT2D eigenvalue weighted by atomic mass is 10.00. The van der Waals surface area contributed by atoms with Crippen LogP contribution in [0.25, 0.3) is 11.6 Å². The Labute approximate surface area is 648 Å². The molecule has 0 bridgehead atoms. The van der Waals surface area contributed by atoms with Crippen LogP contribution in [0.3, 0.4) is 0 Å². The number of aromatic amines is 1. The van der Waals surface area contributed by atoms with Crippen LogP contribution in [0.2, 0.25) is 0 Å². The molecule has 1 aromatic heterocycles. The first kappa shape index (κ1) is 92.0. The molecule has 1 fully saturated rings. The Morgan fingerprint density at radius 2 is 1.21 bits per heavy atom. The number of carboxylic acids is 1. The van der Waals surface area contributed by atoms with E-state index in [0.717, 1.165) is 45.1 Å². The third kappa shape index (κ3) is 27.1. The molecule has 0 aliphatic carbocycles. The molecule has 2 aromatic carbocycles. The average molecular weight is 1570 g/mol. The van der Waals surface area contributed by atoms with E-state index in [1.54, 1.807) is 58.0 Å². The number of carboxylic acid groups (broad SMARTS) is 1. The number of imide groups is 1. The first-order valence-electron chi connectivity index (χ1n) is 37.4. The number of aliphatic hydroxyl groups excluding tert-OH is 2. The normalized spacial score (nSPS) is 20.8. The maximum absolute atomic E-state index is 15.0. The number of aliphatic hydroxyl groups is 2. The maximum Gasteiger partial charge on any atom is 0.303 e. The molecule has 0 saturated carbocycles. The van der Waals surface area contributed by atoms with Crippen LogP contribution in [-0.2, 0) is 73.5 Å². The van der Waals surface area contributed by atoms with E-state index in [2.05, 4.69) is 73.7 Å². The molecule has 5 rings (SSSR count). The summed E-state index contributed by atoms with van der Waals surface area (Å²) in [6, 6.07) is -4.63. The highest BCUT2D eigenvalue weighted by Crippen LogP contribution is 2.40. The Morgan fingerprint density at radius 1 is 0.652 bits per heavy atom. The van der Waals surface area contributed by atoms with E-state index < -0.39 is 212 Å². The Hall–Kier alpha value is -10.6. The summed E-state index contributed by atoms with van der Waals surface area (Å²) < 4.78 is 15.0. The summed E-state index contributed by atoms with van der Waals surface area (Å²) in [6.07, 6.45) is -6.66. The second-order valence-electron chi connectivity index (χ2n) is 27.8. The van der Waals surface area contributed by atoms with Gasteiger partial charge in [0.1, 0.15) is 66.2 Å². The summed E-state index contributed by atoms with van der Waals surface area (Å²) >= 11 is 0. The molecule has 3 aromatic rings. The van der Waals surface area contributed by atoms with Gasteiger partial charge in [-0.25, -0.2) is 9.29 Å². The zero-order valence-corrected chi connectivity index (χ0v) is 64.4. The van der Waals surface area contributed by atoms with E-state index in [4.69, 9.17) is 22.9 Å². The Kier molecular flexibility index (Phi) is 37.0. The summed E-state index contributed by atoms with van der Waals surface area (Å²) in [4.78, 5) is 216. The third-order valence-electron chi connectivity index (χ3n) is 18.7. The van der Waals surface area contributed by atoms with Gasteiger partial charge in [0, 0.05) is 62.3 Å².